The number of carbonyl (C=O) groups is 1. The molecule has 0 unspecified atom stereocenters. The van der Waals surface area contributed by atoms with Crippen LogP contribution in [0.15, 0.2) is 60.9 Å². The Morgan fingerprint density at radius 3 is 2.38 bits per heavy atom. The van der Waals surface area contributed by atoms with E-state index in [0.717, 1.165) is 32.0 Å². The summed E-state index contributed by atoms with van der Waals surface area (Å²) >= 11 is 0. The third-order valence-electron chi connectivity index (χ3n) is 4.68. The van der Waals surface area contributed by atoms with Gasteiger partial charge in [-0.25, -0.2) is 15.0 Å². The van der Waals surface area contributed by atoms with Crippen molar-refractivity contribution in [2.24, 2.45) is 0 Å². The van der Waals surface area contributed by atoms with Gasteiger partial charge in [0.2, 0.25) is 5.95 Å². The first-order chi connectivity index (χ1) is 14.2. The Bertz CT molecular complexity index is 1020. The predicted molar refractivity (Wildman–Crippen MR) is 110 cm³/mol. The van der Waals surface area contributed by atoms with Gasteiger partial charge < -0.3 is 15.1 Å². The maximum atomic E-state index is 12.5. The van der Waals surface area contributed by atoms with Crippen molar-refractivity contribution in [3.63, 3.8) is 0 Å². The first-order valence-corrected chi connectivity index (χ1v) is 9.28. The quantitative estimate of drug-likeness (QED) is 0.736. The van der Waals surface area contributed by atoms with E-state index in [1.165, 1.54) is 0 Å². The number of aromatic nitrogens is 3. The molecule has 0 spiro atoms. The number of nitrogens with one attached hydrogen (secondary N) is 1. The zero-order valence-electron chi connectivity index (χ0n) is 15.7. The van der Waals surface area contributed by atoms with Gasteiger partial charge in [0.15, 0.2) is 0 Å². The average molecular weight is 385 g/mol. The van der Waals surface area contributed by atoms with E-state index in [-0.39, 0.29) is 5.91 Å². The summed E-state index contributed by atoms with van der Waals surface area (Å²) in [7, 11) is 0. The van der Waals surface area contributed by atoms with E-state index in [4.69, 9.17) is 5.26 Å². The SMILES string of the molecule is N#Cc1ccc(NC(=O)c2ccnc(N3CCN(c4ccccn4)CC3)n2)cc1. The summed E-state index contributed by atoms with van der Waals surface area (Å²) in [5, 5.41) is 11.7. The smallest absolute Gasteiger partial charge is 0.274 e. The molecule has 3 aromatic rings. The monoisotopic (exact) mass is 385 g/mol. The van der Waals surface area contributed by atoms with Crippen molar-refractivity contribution in [1.82, 2.24) is 15.0 Å². The highest BCUT2D eigenvalue weighted by Crippen LogP contribution is 2.17. The van der Waals surface area contributed by atoms with Crippen LogP contribution in [0, 0.1) is 11.3 Å². The fourth-order valence-corrected chi connectivity index (χ4v) is 3.13. The highest BCUT2D eigenvalue weighted by molar-refractivity contribution is 6.03. The van der Waals surface area contributed by atoms with Crippen molar-refractivity contribution in [2.75, 3.05) is 41.3 Å². The maximum absolute atomic E-state index is 12.5. The number of pyridine rings is 1. The van der Waals surface area contributed by atoms with E-state index in [1.807, 2.05) is 18.2 Å². The van der Waals surface area contributed by atoms with Crippen molar-refractivity contribution < 1.29 is 4.79 Å². The van der Waals surface area contributed by atoms with E-state index in [1.54, 1.807) is 42.7 Å². The molecule has 1 N–H and O–H groups in total. The Morgan fingerprint density at radius 2 is 1.69 bits per heavy atom. The van der Waals surface area contributed by atoms with Gasteiger partial charge in [0.25, 0.3) is 5.91 Å². The van der Waals surface area contributed by atoms with Gasteiger partial charge in [-0.1, -0.05) is 6.07 Å². The van der Waals surface area contributed by atoms with Crippen molar-refractivity contribution in [3.8, 4) is 6.07 Å². The molecule has 1 aromatic carbocycles. The number of piperazine rings is 1. The summed E-state index contributed by atoms with van der Waals surface area (Å²) in [4.78, 5) is 30.0. The molecule has 144 valence electrons. The van der Waals surface area contributed by atoms with Crippen LogP contribution in [-0.4, -0.2) is 47.0 Å². The molecule has 1 aliphatic rings. The molecule has 2 aromatic heterocycles. The third-order valence-corrected chi connectivity index (χ3v) is 4.68. The second-order valence-electron chi connectivity index (χ2n) is 6.55. The van der Waals surface area contributed by atoms with E-state index in [0.29, 0.717) is 22.9 Å². The van der Waals surface area contributed by atoms with Crippen LogP contribution in [0.5, 0.6) is 0 Å². The van der Waals surface area contributed by atoms with Gasteiger partial charge in [-0.3, -0.25) is 4.79 Å². The number of carbonyl (C=O) groups excluding carboxylic acids is 1. The number of nitrogens with zero attached hydrogens (tertiary/aromatic N) is 6. The van der Waals surface area contributed by atoms with Gasteiger partial charge in [0, 0.05) is 44.3 Å². The molecule has 8 heteroatoms. The second-order valence-corrected chi connectivity index (χ2v) is 6.55. The average Bonchev–Trinajstić information content (AvgIpc) is 2.80. The van der Waals surface area contributed by atoms with Crippen molar-refractivity contribution in [2.45, 2.75) is 0 Å². The van der Waals surface area contributed by atoms with Crippen LogP contribution in [0.3, 0.4) is 0 Å². The van der Waals surface area contributed by atoms with E-state index in [9.17, 15) is 4.79 Å². The van der Waals surface area contributed by atoms with Gasteiger partial charge in [0.1, 0.15) is 11.5 Å². The number of benzene rings is 1. The number of nitriles is 1. The Labute approximate surface area is 168 Å². The van der Waals surface area contributed by atoms with Crippen molar-refractivity contribution in [1.29, 1.82) is 5.26 Å². The Morgan fingerprint density at radius 1 is 0.931 bits per heavy atom. The molecule has 0 bridgehead atoms. The molecule has 4 rings (SSSR count). The molecule has 8 nitrogen and oxygen atoms in total. The summed E-state index contributed by atoms with van der Waals surface area (Å²) in [6.07, 6.45) is 3.39. The van der Waals surface area contributed by atoms with Crippen LogP contribution < -0.4 is 15.1 Å². The van der Waals surface area contributed by atoms with Gasteiger partial charge >= 0.3 is 0 Å². The van der Waals surface area contributed by atoms with Gasteiger partial charge in [0.05, 0.1) is 11.6 Å². The first-order valence-electron chi connectivity index (χ1n) is 9.28. The molecule has 0 saturated carbocycles. The number of hydrogen-bond donors (Lipinski definition) is 1. The Kier molecular flexibility index (Phi) is 5.29. The first kappa shape index (κ1) is 18.4. The number of anilines is 3. The van der Waals surface area contributed by atoms with Crippen molar-refractivity contribution >= 4 is 23.4 Å². The number of hydrogen-bond acceptors (Lipinski definition) is 7. The van der Waals surface area contributed by atoms with Crippen LogP contribution in [-0.2, 0) is 0 Å². The Balaban J connectivity index is 1.41. The zero-order chi connectivity index (χ0) is 20.1. The van der Waals surface area contributed by atoms with Gasteiger partial charge in [-0.15, -0.1) is 0 Å². The van der Waals surface area contributed by atoms with Crippen LogP contribution in [0.25, 0.3) is 0 Å². The highest BCUT2D eigenvalue weighted by Gasteiger charge is 2.20. The van der Waals surface area contributed by atoms with E-state index >= 15 is 0 Å². The Hall–Kier alpha value is -3.99. The van der Waals surface area contributed by atoms with E-state index < -0.39 is 0 Å². The normalized spacial score (nSPS) is 13.6. The maximum Gasteiger partial charge on any atom is 0.274 e. The number of rotatable bonds is 4. The molecule has 3 heterocycles. The molecule has 0 radical (unpaired) electrons. The number of amides is 1. The van der Waals surface area contributed by atoms with E-state index in [2.05, 4.69) is 36.1 Å². The van der Waals surface area contributed by atoms with Crippen LogP contribution in [0.4, 0.5) is 17.5 Å². The van der Waals surface area contributed by atoms with Gasteiger partial charge in [-0.2, -0.15) is 5.26 Å². The minimum absolute atomic E-state index is 0.298. The van der Waals surface area contributed by atoms with Gasteiger partial charge in [-0.05, 0) is 42.5 Å². The van der Waals surface area contributed by atoms with Crippen LogP contribution in [0.1, 0.15) is 16.1 Å². The highest BCUT2D eigenvalue weighted by atomic mass is 16.1. The summed E-state index contributed by atoms with van der Waals surface area (Å²) in [6, 6.07) is 16.2. The minimum atomic E-state index is -0.314. The van der Waals surface area contributed by atoms with Crippen LogP contribution >= 0.6 is 0 Å². The molecule has 0 aliphatic carbocycles. The summed E-state index contributed by atoms with van der Waals surface area (Å²) < 4.78 is 0. The lowest BCUT2D eigenvalue weighted by Crippen LogP contribution is -2.47. The lowest BCUT2D eigenvalue weighted by Gasteiger charge is -2.35. The lowest BCUT2D eigenvalue weighted by atomic mass is 10.2. The predicted octanol–water partition coefficient (Wildman–Crippen LogP) is 2.32. The molecule has 1 aliphatic heterocycles. The summed E-state index contributed by atoms with van der Waals surface area (Å²) in [5.74, 6) is 1.19. The standard InChI is InChI=1S/C21H19N7O/c22-15-16-4-6-17(7-5-16)25-20(29)18-8-10-24-21(26-18)28-13-11-27(12-14-28)19-3-1-2-9-23-19/h1-10H,11-14H2,(H,25,29). The molecule has 0 atom stereocenters. The zero-order valence-corrected chi connectivity index (χ0v) is 15.7. The fourth-order valence-electron chi connectivity index (χ4n) is 3.13. The van der Waals surface area contributed by atoms with Crippen molar-refractivity contribution in [3.05, 3.63) is 72.2 Å². The molecule has 1 fully saturated rings. The summed E-state index contributed by atoms with van der Waals surface area (Å²) in [6.45, 7) is 3.11. The fraction of sp³-hybridized carbons (Fsp3) is 0.190. The largest absolute Gasteiger partial charge is 0.353 e. The topological polar surface area (TPSA) is 98.0 Å². The summed E-state index contributed by atoms with van der Waals surface area (Å²) in [5.41, 5.74) is 1.45. The minimum Gasteiger partial charge on any atom is -0.353 e. The molecule has 1 saturated heterocycles. The molecule has 29 heavy (non-hydrogen) atoms. The van der Waals surface area contributed by atoms with Crippen LogP contribution in [0.2, 0.25) is 0 Å². The molecule has 1 amide bonds. The molecular weight excluding hydrogens is 366 g/mol. The lowest BCUT2D eigenvalue weighted by molar-refractivity contribution is 0.102. The third kappa shape index (κ3) is 4.30. The second kappa shape index (κ2) is 8.35. The molecular formula is C21H19N7O.